The Morgan fingerprint density at radius 1 is 1.32 bits per heavy atom. The number of hydrogen-bond donors (Lipinski definition) is 1. The summed E-state index contributed by atoms with van der Waals surface area (Å²) in [4.78, 5) is 27.8. The molecular weight excluding hydrogens is 285 g/mol. The summed E-state index contributed by atoms with van der Waals surface area (Å²) >= 11 is 0. The van der Waals surface area contributed by atoms with Crippen molar-refractivity contribution in [3.8, 4) is 11.3 Å². The van der Waals surface area contributed by atoms with Gasteiger partial charge in [-0.05, 0) is 37.1 Å². The van der Waals surface area contributed by atoms with E-state index in [9.17, 15) is 14.0 Å². The van der Waals surface area contributed by atoms with Gasteiger partial charge in [-0.1, -0.05) is 0 Å². The van der Waals surface area contributed by atoms with Crippen LogP contribution in [0.15, 0.2) is 41.5 Å². The van der Waals surface area contributed by atoms with Gasteiger partial charge >= 0.3 is 0 Å². The van der Waals surface area contributed by atoms with Crippen LogP contribution in [0.5, 0.6) is 0 Å². The van der Waals surface area contributed by atoms with Crippen LogP contribution in [0.1, 0.15) is 12.8 Å². The number of halogens is 1. The minimum atomic E-state index is -0.330. The SMILES string of the molecule is O=C(NCCn1cnc(-c2ccc(F)cc2)cc1=O)C1CC1. The normalized spacial score (nSPS) is 13.9. The first-order chi connectivity index (χ1) is 10.6. The number of carbonyl (C=O) groups excluding carboxylic acids is 1. The van der Waals surface area contributed by atoms with Crippen LogP contribution in [-0.4, -0.2) is 22.0 Å². The van der Waals surface area contributed by atoms with Crippen molar-refractivity contribution < 1.29 is 9.18 Å². The summed E-state index contributed by atoms with van der Waals surface area (Å²) in [6.07, 6.45) is 3.36. The van der Waals surface area contributed by atoms with Gasteiger partial charge in [0.05, 0.1) is 12.0 Å². The van der Waals surface area contributed by atoms with Crippen LogP contribution >= 0.6 is 0 Å². The average molecular weight is 301 g/mol. The molecule has 0 unspecified atom stereocenters. The fourth-order valence-corrected chi connectivity index (χ4v) is 2.16. The summed E-state index contributed by atoms with van der Waals surface area (Å²) < 4.78 is 14.3. The molecule has 1 amide bonds. The number of nitrogens with one attached hydrogen (secondary N) is 1. The lowest BCUT2D eigenvalue weighted by Crippen LogP contribution is -2.31. The Morgan fingerprint density at radius 3 is 2.68 bits per heavy atom. The predicted molar refractivity (Wildman–Crippen MR) is 79.6 cm³/mol. The molecule has 1 heterocycles. The lowest BCUT2D eigenvalue weighted by molar-refractivity contribution is -0.122. The predicted octanol–water partition coefficient (Wildman–Crippen LogP) is 1.58. The van der Waals surface area contributed by atoms with Gasteiger partial charge in [0.25, 0.3) is 5.56 Å². The van der Waals surface area contributed by atoms with Gasteiger partial charge in [-0.25, -0.2) is 9.37 Å². The van der Waals surface area contributed by atoms with Crippen LogP contribution in [0.2, 0.25) is 0 Å². The Kier molecular flexibility index (Phi) is 4.00. The number of aromatic nitrogens is 2. The van der Waals surface area contributed by atoms with E-state index in [2.05, 4.69) is 10.3 Å². The minimum Gasteiger partial charge on any atom is -0.354 e. The molecule has 5 nitrogen and oxygen atoms in total. The summed E-state index contributed by atoms with van der Waals surface area (Å²) in [5, 5.41) is 2.80. The number of benzene rings is 1. The van der Waals surface area contributed by atoms with Crippen molar-refractivity contribution in [3.63, 3.8) is 0 Å². The van der Waals surface area contributed by atoms with Crippen molar-refractivity contribution >= 4 is 5.91 Å². The number of carbonyl (C=O) groups is 1. The molecule has 0 atom stereocenters. The Hall–Kier alpha value is -2.50. The lowest BCUT2D eigenvalue weighted by Gasteiger charge is -2.08. The fraction of sp³-hybridized carbons (Fsp3) is 0.312. The molecule has 0 saturated heterocycles. The smallest absolute Gasteiger partial charge is 0.253 e. The first kappa shape index (κ1) is 14.4. The van der Waals surface area contributed by atoms with E-state index in [0.29, 0.717) is 24.3 Å². The first-order valence-electron chi connectivity index (χ1n) is 7.23. The minimum absolute atomic E-state index is 0.0592. The lowest BCUT2D eigenvalue weighted by atomic mass is 10.1. The molecule has 3 rings (SSSR count). The third-order valence-electron chi connectivity index (χ3n) is 3.62. The standard InChI is InChI=1S/C16H16FN3O2/c17-13-5-3-11(4-6-13)14-9-15(21)20(10-19-14)8-7-18-16(22)12-1-2-12/h3-6,9-10,12H,1-2,7-8H2,(H,18,22). The van der Waals surface area contributed by atoms with Gasteiger partial charge < -0.3 is 5.32 Å². The molecule has 0 aliphatic heterocycles. The number of nitrogens with zero attached hydrogens (tertiary/aromatic N) is 2. The van der Waals surface area contributed by atoms with Gasteiger partial charge in [0.15, 0.2) is 0 Å². The molecule has 1 aromatic heterocycles. The Bertz CT molecular complexity index is 736. The number of hydrogen-bond acceptors (Lipinski definition) is 3. The third-order valence-corrected chi connectivity index (χ3v) is 3.62. The molecular formula is C16H16FN3O2. The highest BCUT2D eigenvalue weighted by atomic mass is 19.1. The van der Waals surface area contributed by atoms with Crippen LogP contribution < -0.4 is 10.9 Å². The van der Waals surface area contributed by atoms with Crippen LogP contribution in [-0.2, 0) is 11.3 Å². The van der Waals surface area contributed by atoms with Crippen LogP contribution in [0.25, 0.3) is 11.3 Å². The molecule has 6 heteroatoms. The second-order valence-electron chi connectivity index (χ2n) is 5.38. The Balaban J connectivity index is 1.65. The number of rotatable bonds is 5. The first-order valence-corrected chi connectivity index (χ1v) is 7.23. The van der Waals surface area contributed by atoms with Gasteiger partial charge in [0.1, 0.15) is 5.82 Å². The summed E-state index contributed by atoms with van der Waals surface area (Å²) in [6, 6.07) is 7.23. The summed E-state index contributed by atoms with van der Waals surface area (Å²) in [6.45, 7) is 0.792. The highest BCUT2D eigenvalue weighted by Gasteiger charge is 2.28. The van der Waals surface area contributed by atoms with Gasteiger partial charge in [-0.3, -0.25) is 14.2 Å². The van der Waals surface area contributed by atoms with E-state index >= 15 is 0 Å². The van der Waals surface area contributed by atoms with E-state index in [1.54, 1.807) is 12.1 Å². The molecule has 1 aromatic carbocycles. The fourth-order valence-electron chi connectivity index (χ4n) is 2.16. The largest absolute Gasteiger partial charge is 0.354 e. The monoisotopic (exact) mass is 301 g/mol. The highest BCUT2D eigenvalue weighted by molar-refractivity contribution is 5.80. The quantitative estimate of drug-likeness (QED) is 0.912. The molecule has 0 bridgehead atoms. The zero-order valence-corrected chi connectivity index (χ0v) is 12.0. The molecule has 1 fully saturated rings. The summed E-state index contributed by atoms with van der Waals surface area (Å²) in [5.41, 5.74) is 0.992. The zero-order valence-electron chi connectivity index (χ0n) is 12.0. The van der Waals surface area contributed by atoms with E-state index in [-0.39, 0.29) is 23.2 Å². The second-order valence-corrected chi connectivity index (χ2v) is 5.38. The van der Waals surface area contributed by atoms with Crippen molar-refractivity contribution in [2.24, 2.45) is 5.92 Å². The van der Waals surface area contributed by atoms with Gasteiger partial charge in [-0.2, -0.15) is 0 Å². The molecule has 2 aromatic rings. The number of amides is 1. The zero-order chi connectivity index (χ0) is 15.5. The molecule has 1 aliphatic rings. The molecule has 114 valence electrons. The van der Waals surface area contributed by atoms with Crippen molar-refractivity contribution in [1.82, 2.24) is 14.9 Å². The maximum Gasteiger partial charge on any atom is 0.253 e. The van der Waals surface area contributed by atoms with Crippen molar-refractivity contribution in [3.05, 3.63) is 52.8 Å². The van der Waals surface area contributed by atoms with Crippen molar-refractivity contribution in [2.75, 3.05) is 6.54 Å². The molecule has 1 aliphatic carbocycles. The van der Waals surface area contributed by atoms with Crippen LogP contribution in [0.3, 0.4) is 0 Å². The van der Waals surface area contributed by atoms with Crippen molar-refractivity contribution in [1.29, 1.82) is 0 Å². The van der Waals surface area contributed by atoms with E-state index < -0.39 is 0 Å². The molecule has 22 heavy (non-hydrogen) atoms. The van der Waals surface area contributed by atoms with Gasteiger partial charge in [-0.15, -0.1) is 0 Å². The van der Waals surface area contributed by atoms with Gasteiger partial charge in [0, 0.05) is 30.6 Å². The molecule has 0 spiro atoms. The third kappa shape index (κ3) is 3.39. The maximum absolute atomic E-state index is 12.9. The topological polar surface area (TPSA) is 64.0 Å². The van der Waals surface area contributed by atoms with E-state index in [0.717, 1.165) is 12.8 Å². The maximum atomic E-state index is 12.9. The summed E-state index contributed by atoms with van der Waals surface area (Å²) in [5.74, 6) is -0.108. The molecule has 1 N–H and O–H groups in total. The average Bonchev–Trinajstić information content (AvgIpc) is 3.34. The Morgan fingerprint density at radius 2 is 2.05 bits per heavy atom. The van der Waals surface area contributed by atoms with E-state index in [1.807, 2.05) is 0 Å². The second kappa shape index (κ2) is 6.09. The van der Waals surface area contributed by atoms with Crippen LogP contribution in [0.4, 0.5) is 4.39 Å². The summed E-state index contributed by atoms with van der Waals surface area (Å²) in [7, 11) is 0. The van der Waals surface area contributed by atoms with Crippen LogP contribution in [0, 0.1) is 11.7 Å². The van der Waals surface area contributed by atoms with E-state index in [4.69, 9.17) is 0 Å². The highest BCUT2D eigenvalue weighted by Crippen LogP contribution is 2.28. The molecule has 1 saturated carbocycles. The van der Waals surface area contributed by atoms with Gasteiger partial charge in [0.2, 0.25) is 5.91 Å². The Labute approximate surface area is 126 Å². The van der Waals surface area contributed by atoms with E-state index in [1.165, 1.54) is 29.1 Å². The van der Waals surface area contributed by atoms with Crippen molar-refractivity contribution in [2.45, 2.75) is 19.4 Å². The molecule has 0 radical (unpaired) electrons.